The number of halogens is 1. The lowest BCUT2D eigenvalue weighted by Crippen LogP contribution is -1.91. The number of aromatic nitrogens is 2. The highest BCUT2D eigenvalue weighted by Crippen LogP contribution is 2.37. The third-order valence-corrected chi connectivity index (χ3v) is 3.08. The van der Waals surface area contributed by atoms with Crippen molar-refractivity contribution in [2.45, 2.75) is 6.92 Å². The van der Waals surface area contributed by atoms with Crippen LogP contribution in [0.3, 0.4) is 0 Å². The molecule has 0 spiro atoms. The first-order chi connectivity index (χ1) is 9.66. The fourth-order valence-corrected chi connectivity index (χ4v) is 2.13. The van der Waals surface area contributed by atoms with Gasteiger partial charge in [-0.05, 0) is 36.8 Å². The monoisotopic (exact) mass is 269 g/mol. The molecule has 2 aromatic heterocycles. The van der Waals surface area contributed by atoms with Gasteiger partial charge in [0.15, 0.2) is 11.6 Å². The molecule has 0 aliphatic carbocycles. The molecule has 0 saturated carbocycles. The lowest BCUT2D eigenvalue weighted by molar-refractivity contribution is 0.435. The Morgan fingerprint density at radius 3 is 2.80 bits per heavy atom. The molecule has 0 saturated heterocycles. The van der Waals surface area contributed by atoms with E-state index in [-0.39, 0.29) is 11.6 Å². The Morgan fingerprint density at radius 1 is 1.20 bits per heavy atom. The molecule has 100 valence electrons. The van der Waals surface area contributed by atoms with Crippen molar-refractivity contribution in [2.24, 2.45) is 0 Å². The van der Waals surface area contributed by atoms with Crippen molar-refractivity contribution in [2.75, 3.05) is 5.73 Å². The molecule has 0 aliphatic heterocycles. The zero-order valence-electron chi connectivity index (χ0n) is 10.8. The first kappa shape index (κ1) is 12.3. The molecule has 1 aromatic carbocycles. The van der Waals surface area contributed by atoms with Gasteiger partial charge in [-0.1, -0.05) is 17.3 Å². The fraction of sp³-hybridized carbons (Fsp3) is 0.0667. The van der Waals surface area contributed by atoms with Crippen LogP contribution in [0.15, 0.2) is 47.1 Å². The molecule has 0 radical (unpaired) electrons. The van der Waals surface area contributed by atoms with Gasteiger partial charge in [0.1, 0.15) is 5.82 Å². The second kappa shape index (κ2) is 4.77. The highest BCUT2D eigenvalue weighted by Gasteiger charge is 2.19. The van der Waals surface area contributed by atoms with E-state index in [0.29, 0.717) is 16.9 Å². The molecule has 0 fully saturated rings. The van der Waals surface area contributed by atoms with Crippen molar-refractivity contribution < 1.29 is 8.91 Å². The Balaban J connectivity index is 2.23. The lowest BCUT2D eigenvalue weighted by atomic mass is 10.0. The number of nitrogen functional groups attached to an aromatic ring is 1. The number of rotatable bonds is 2. The SMILES string of the molecule is Cc1ncccc1-c1onc(N)c1-c1cccc(F)c1. The minimum atomic E-state index is -0.336. The van der Waals surface area contributed by atoms with Crippen LogP contribution in [0.5, 0.6) is 0 Å². The number of hydrogen-bond donors (Lipinski definition) is 1. The quantitative estimate of drug-likeness (QED) is 0.774. The molecule has 3 rings (SSSR count). The van der Waals surface area contributed by atoms with Gasteiger partial charge in [0.2, 0.25) is 0 Å². The highest BCUT2D eigenvalue weighted by atomic mass is 19.1. The summed E-state index contributed by atoms with van der Waals surface area (Å²) in [6.07, 6.45) is 1.69. The summed E-state index contributed by atoms with van der Waals surface area (Å²) in [5, 5.41) is 3.79. The number of benzene rings is 1. The van der Waals surface area contributed by atoms with Crippen LogP contribution in [0.25, 0.3) is 22.5 Å². The van der Waals surface area contributed by atoms with Crippen molar-refractivity contribution in [1.82, 2.24) is 10.1 Å². The number of nitrogens with zero attached hydrogens (tertiary/aromatic N) is 2. The molecular weight excluding hydrogens is 257 g/mol. The van der Waals surface area contributed by atoms with E-state index >= 15 is 0 Å². The zero-order valence-corrected chi connectivity index (χ0v) is 10.8. The third-order valence-electron chi connectivity index (χ3n) is 3.08. The van der Waals surface area contributed by atoms with Gasteiger partial charge < -0.3 is 10.3 Å². The second-order valence-corrected chi connectivity index (χ2v) is 4.42. The average molecular weight is 269 g/mol. The van der Waals surface area contributed by atoms with Crippen LogP contribution >= 0.6 is 0 Å². The van der Waals surface area contributed by atoms with Crippen molar-refractivity contribution in [3.05, 3.63) is 54.1 Å². The summed E-state index contributed by atoms with van der Waals surface area (Å²) in [5.74, 6) is 0.393. The van der Waals surface area contributed by atoms with Gasteiger partial charge >= 0.3 is 0 Å². The maximum atomic E-state index is 13.4. The molecular formula is C15H12FN3O. The van der Waals surface area contributed by atoms with Gasteiger partial charge in [-0.3, -0.25) is 4.98 Å². The van der Waals surface area contributed by atoms with Gasteiger partial charge in [0.25, 0.3) is 0 Å². The maximum Gasteiger partial charge on any atom is 0.178 e. The number of anilines is 1. The van der Waals surface area contributed by atoms with Crippen LogP contribution in [0.4, 0.5) is 10.2 Å². The van der Waals surface area contributed by atoms with Gasteiger partial charge in [-0.2, -0.15) is 0 Å². The minimum absolute atomic E-state index is 0.230. The third kappa shape index (κ3) is 2.03. The topological polar surface area (TPSA) is 64.9 Å². The van der Waals surface area contributed by atoms with Crippen LogP contribution in [0.2, 0.25) is 0 Å². The molecule has 0 atom stereocenters. The van der Waals surface area contributed by atoms with Crippen molar-refractivity contribution in [1.29, 1.82) is 0 Å². The second-order valence-electron chi connectivity index (χ2n) is 4.42. The van der Waals surface area contributed by atoms with E-state index < -0.39 is 0 Å². The predicted molar refractivity (Wildman–Crippen MR) is 74.3 cm³/mol. The molecule has 0 aliphatic rings. The number of nitrogens with two attached hydrogens (primary N) is 1. The van der Waals surface area contributed by atoms with Gasteiger partial charge in [-0.15, -0.1) is 0 Å². The highest BCUT2D eigenvalue weighted by molar-refractivity contribution is 5.87. The smallest absolute Gasteiger partial charge is 0.178 e. The summed E-state index contributed by atoms with van der Waals surface area (Å²) < 4.78 is 18.7. The fourth-order valence-electron chi connectivity index (χ4n) is 2.13. The van der Waals surface area contributed by atoms with Crippen LogP contribution in [-0.2, 0) is 0 Å². The van der Waals surface area contributed by atoms with Crippen LogP contribution < -0.4 is 5.73 Å². The molecule has 0 unspecified atom stereocenters. The van der Waals surface area contributed by atoms with E-state index in [1.165, 1.54) is 12.1 Å². The Kier molecular flexibility index (Phi) is 2.95. The molecule has 20 heavy (non-hydrogen) atoms. The molecule has 2 heterocycles. The van der Waals surface area contributed by atoms with Crippen molar-refractivity contribution in [3.8, 4) is 22.5 Å². The molecule has 0 amide bonds. The minimum Gasteiger partial charge on any atom is -0.380 e. The van der Waals surface area contributed by atoms with Crippen molar-refractivity contribution in [3.63, 3.8) is 0 Å². The Hall–Kier alpha value is -2.69. The van der Waals surface area contributed by atoms with E-state index in [9.17, 15) is 4.39 Å². The standard InChI is InChI=1S/C15H12FN3O/c1-9-12(6-3-7-18-9)14-13(15(17)19-20-14)10-4-2-5-11(16)8-10/h2-8H,1H3,(H2,17,19). The summed E-state index contributed by atoms with van der Waals surface area (Å²) in [7, 11) is 0. The van der Waals surface area contributed by atoms with Gasteiger partial charge in [0.05, 0.1) is 5.56 Å². The van der Waals surface area contributed by atoms with E-state index in [2.05, 4.69) is 10.1 Å². The van der Waals surface area contributed by atoms with Gasteiger partial charge in [-0.25, -0.2) is 4.39 Å². The lowest BCUT2D eigenvalue weighted by Gasteiger charge is -2.05. The summed E-state index contributed by atoms with van der Waals surface area (Å²) in [5.41, 5.74) is 8.65. The van der Waals surface area contributed by atoms with E-state index in [1.807, 2.05) is 13.0 Å². The molecule has 5 heteroatoms. The van der Waals surface area contributed by atoms with Gasteiger partial charge in [0, 0.05) is 17.5 Å². The average Bonchev–Trinajstić information content (AvgIpc) is 2.81. The summed E-state index contributed by atoms with van der Waals surface area (Å²) in [6.45, 7) is 1.86. The molecule has 0 bridgehead atoms. The Bertz CT molecular complexity index is 767. The molecule has 4 nitrogen and oxygen atoms in total. The summed E-state index contributed by atoms with van der Waals surface area (Å²) in [6, 6.07) is 9.83. The predicted octanol–water partition coefficient (Wildman–Crippen LogP) is 3.43. The first-order valence-corrected chi connectivity index (χ1v) is 6.10. The molecule has 3 aromatic rings. The Morgan fingerprint density at radius 2 is 2.05 bits per heavy atom. The van der Waals surface area contributed by atoms with E-state index in [1.54, 1.807) is 24.4 Å². The normalized spacial score (nSPS) is 10.7. The zero-order chi connectivity index (χ0) is 14.1. The Labute approximate surface area is 115 Å². The largest absolute Gasteiger partial charge is 0.380 e. The molecule has 2 N–H and O–H groups in total. The summed E-state index contributed by atoms with van der Waals surface area (Å²) >= 11 is 0. The maximum absolute atomic E-state index is 13.4. The summed E-state index contributed by atoms with van der Waals surface area (Å²) in [4.78, 5) is 4.21. The number of aryl methyl sites for hydroxylation is 1. The number of hydrogen-bond acceptors (Lipinski definition) is 4. The van der Waals surface area contributed by atoms with Crippen LogP contribution in [0, 0.1) is 12.7 Å². The van der Waals surface area contributed by atoms with Crippen molar-refractivity contribution >= 4 is 5.82 Å². The first-order valence-electron chi connectivity index (χ1n) is 6.10. The number of pyridine rings is 1. The van der Waals surface area contributed by atoms with E-state index in [0.717, 1.165) is 11.3 Å². The van der Waals surface area contributed by atoms with Crippen LogP contribution in [-0.4, -0.2) is 10.1 Å². The van der Waals surface area contributed by atoms with Crippen LogP contribution in [0.1, 0.15) is 5.69 Å². The van der Waals surface area contributed by atoms with E-state index in [4.69, 9.17) is 10.3 Å².